The number of aryl methyl sites for hydroxylation is 1. The lowest BCUT2D eigenvalue weighted by Gasteiger charge is -2.21. The van der Waals surface area contributed by atoms with E-state index in [1.54, 1.807) is 14.2 Å². The van der Waals surface area contributed by atoms with Crippen LogP contribution in [-0.2, 0) is 4.74 Å². The first-order valence-corrected chi connectivity index (χ1v) is 9.43. The van der Waals surface area contributed by atoms with Gasteiger partial charge in [-0.2, -0.15) is 0 Å². The van der Waals surface area contributed by atoms with E-state index >= 15 is 0 Å². The van der Waals surface area contributed by atoms with Gasteiger partial charge in [-0.15, -0.1) is 0 Å². The van der Waals surface area contributed by atoms with Crippen molar-refractivity contribution >= 4 is 11.0 Å². The molecule has 27 heavy (non-hydrogen) atoms. The Kier molecular flexibility index (Phi) is 5.51. The molecule has 0 aromatic carbocycles. The van der Waals surface area contributed by atoms with Gasteiger partial charge in [0.1, 0.15) is 0 Å². The lowest BCUT2D eigenvalue weighted by molar-refractivity contribution is 0.0792. The van der Waals surface area contributed by atoms with E-state index < -0.39 is 0 Å². The van der Waals surface area contributed by atoms with Crippen molar-refractivity contribution in [2.45, 2.75) is 52.7 Å². The standard InChI is InChI=1S/C22H29N3O2/c1-13(2)18-9-8-17(22(24-18)27-7)19-10-11-20-21(23-19)14(3)12-25(20)15(4)16(5)26-6/h8-13,15-16H,1-7H3/t15?,16-/m0/s1. The molecule has 5 nitrogen and oxygen atoms in total. The zero-order chi connectivity index (χ0) is 19.7. The maximum absolute atomic E-state index is 5.55. The lowest BCUT2D eigenvalue weighted by Crippen LogP contribution is -2.19. The summed E-state index contributed by atoms with van der Waals surface area (Å²) in [6.07, 6.45) is 2.27. The van der Waals surface area contributed by atoms with Crippen LogP contribution < -0.4 is 4.74 Å². The summed E-state index contributed by atoms with van der Waals surface area (Å²) in [4.78, 5) is 9.59. The van der Waals surface area contributed by atoms with E-state index in [4.69, 9.17) is 14.5 Å². The minimum absolute atomic E-state index is 0.118. The van der Waals surface area contributed by atoms with Crippen LogP contribution in [0.4, 0.5) is 0 Å². The number of methoxy groups -OCH3 is 2. The van der Waals surface area contributed by atoms with Crippen LogP contribution in [0.1, 0.15) is 50.9 Å². The second kappa shape index (κ2) is 7.69. The van der Waals surface area contributed by atoms with Crippen molar-refractivity contribution in [3.8, 4) is 17.1 Å². The zero-order valence-corrected chi connectivity index (χ0v) is 17.3. The van der Waals surface area contributed by atoms with Crippen molar-refractivity contribution in [1.82, 2.24) is 14.5 Å². The third-order valence-electron chi connectivity index (χ3n) is 5.29. The molecule has 3 rings (SSSR count). The van der Waals surface area contributed by atoms with E-state index in [1.807, 2.05) is 6.07 Å². The quantitative estimate of drug-likeness (QED) is 0.606. The fourth-order valence-corrected chi connectivity index (χ4v) is 3.33. The molecule has 3 aromatic heterocycles. The summed E-state index contributed by atoms with van der Waals surface area (Å²) < 4.78 is 13.3. The fourth-order valence-electron chi connectivity index (χ4n) is 3.33. The lowest BCUT2D eigenvalue weighted by atomic mass is 10.1. The van der Waals surface area contributed by atoms with E-state index in [-0.39, 0.29) is 12.1 Å². The van der Waals surface area contributed by atoms with E-state index in [9.17, 15) is 0 Å². The van der Waals surface area contributed by atoms with Gasteiger partial charge < -0.3 is 14.0 Å². The van der Waals surface area contributed by atoms with Gasteiger partial charge in [-0.05, 0) is 56.5 Å². The van der Waals surface area contributed by atoms with Gasteiger partial charge in [0.25, 0.3) is 0 Å². The Bertz CT molecular complexity index is 946. The number of aromatic nitrogens is 3. The first-order chi connectivity index (χ1) is 12.9. The molecule has 0 fully saturated rings. The molecule has 0 aliphatic heterocycles. The Balaban J connectivity index is 2.09. The predicted octanol–water partition coefficient (Wildman–Crippen LogP) is 5.13. The molecule has 0 bridgehead atoms. The molecule has 0 aliphatic rings. The van der Waals surface area contributed by atoms with Crippen LogP contribution in [-0.4, -0.2) is 34.9 Å². The fraction of sp³-hybridized carbons (Fsp3) is 0.455. The number of nitrogens with zero attached hydrogens (tertiary/aromatic N) is 3. The van der Waals surface area contributed by atoms with E-state index in [1.165, 1.54) is 0 Å². The van der Waals surface area contributed by atoms with Crippen molar-refractivity contribution in [2.75, 3.05) is 14.2 Å². The van der Waals surface area contributed by atoms with Crippen LogP contribution >= 0.6 is 0 Å². The largest absolute Gasteiger partial charge is 0.480 e. The number of ether oxygens (including phenoxy) is 2. The van der Waals surface area contributed by atoms with Crippen molar-refractivity contribution in [3.63, 3.8) is 0 Å². The Morgan fingerprint density at radius 2 is 1.70 bits per heavy atom. The van der Waals surface area contributed by atoms with Crippen LogP contribution in [0.2, 0.25) is 0 Å². The molecule has 2 atom stereocenters. The van der Waals surface area contributed by atoms with Gasteiger partial charge in [0.2, 0.25) is 5.88 Å². The molecule has 0 saturated heterocycles. The molecular weight excluding hydrogens is 338 g/mol. The highest BCUT2D eigenvalue weighted by molar-refractivity contribution is 5.83. The molecule has 5 heteroatoms. The van der Waals surface area contributed by atoms with Crippen molar-refractivity contribution in [2.24, 2.45) is 0 Å². The van der Waals surface area contributed by atoms with Gasteiger partial charge >= 0.3 is 0 Å². The summed E-state index contributed by atoms with van der Waals surface area (Å²) in [6.45, 7) is 10.6. The van der Waals surface area contributed by atoms with Gasteiger partial charge in [0, 0.05) is 19.0 Å². The number of pyridine rings is 2. The average molecular weight is 367 g/mol. The first-order valence-electron chi connectivity index (χ1n) is 9.43. The van der Waals surface area contributed by atoms with Crippen molar-refractivity contribution in [1.29, 1.82) is 0 Å². The Labute approximate surface area is 161 Å². The second-order valence-electron chi connectivity index (χ2n) is 7.41. The molecule has 0 N–H and O–H groups in total. The number of rotatable bonds is 6. The summed E-state index contributed by atoms with van der Waals surface area (Å²) in [7, 11) is 3.40. The van der Waals surface area contributed by atoms with Crippen LogP contribution in [0.25, 0.3) is 22.3 Å². The normalized spacial score (nSPS) is 13.9. The molecule has 144 valence electrons. The summed E-state index contributed by atoms with van der Waals surface area (Å²) in [5.41, 5.74) is 6.05. The van der Waals surface area contributed by atoms with E-state index in [2.05, 4.69) is 68.6 Å². The minimum Gasteiger partial charge on any atom is -0.480 e. The summed E-state index contributed by atoms with van der Waals surface area (Å²) >= 11 is 0. The van der Waals surface area contributed by atoms with Crippen LogP contribution in [0.3, 0.4) is 0 Å². The van der Waals surface area contributed by atoms with Gasteiger partial charge in [-0.3, -0.25) is 0 Å². The SMILES string of the molecule is COc1nc(C(C)C)ccc1-c1ccc2c(n1)c(C)cn2C(C)[C@H](C)OC. The molecule has 0 saturated carbocycles. The summed E-state index contributed by atoms with van der Waals surface area (Å²) in [5, 5.41) is 0. The Hall–Kier alpha value is -2.40. The van der Waals surface area contributed by atoms with Crippen molar-refractivity contribution < 1.29 is 9.47 Å². The highest BCUT2D eigenvalue weighted by atomic mass is 16.5. The molecule has 3 aromatic rings. The monoisotopic (exact) mass is 367 g/mol. The van der Waals surface area contributed by atoms with Gasteiger partial charge in [-0.1, -0.05) is 13.8 Å². The molecule has 3 heterocycles. The topological polar surface area (TPSA) is 49.2 Å². The van der Waals surface area contributed by atoms with Crippen molar-refractivity contribution in [3.05, 3.63) is 41.7 Å². The molecule has 0 radical (unpaired) electrons. The Morgan fingerprint density at radius 1 is 0.963 bits per heavy atom. The Morgan fingerprint density at radius 3 is 2.33 bits per heavy atom. The smallest absolute Gasteiger partial charge is 0.222 e. The number of hydrogen-bond donors (Lipinski definition) is 0. The van der Waals surface area contributed by atoms with Crippen LogP contribution in [0.5, 0.6) is 5.88 Å². The highest BCUT2D eigenvalue weighted by Gasteiger charge is 2.19. The predicted molar refractivity (Wildman–Crippen MR) is 110 cm³/mol. The number of hydrogen-bond acceptors (Lipinski definition) is 4. The summed E-state index contributed by atoms with van der Waals surface area (Å²) in [6, 6.07) is 8.49. The maximum Gasteiger partial charge on any atom is 0.222 e. The van der Waals surface area contributed by atoms with Gasteiger partial charge in [0.15, 0.2) is 0 Å². The first kappa shape index (κ1) is 19.4. The third kappa shape index (κ3) is 3.56. The zero-order valence-electron chi connectivity index (χ0n) is 17.3. The molecule has 1 unspecified atom stereocenters. The van der Waals surface area contributed by atoms with Crippen LogP contribution in [0.15, 0.2) is 30.5 Å². The van der Waals surface area contributed by atoms with E-state index in [0.717, 1.165) is 33.5 Å². The molecule has 0 amide bonds. The van der Waals surface area contributed by atoms with Gasteiger partial charge in [-0.25, -0.2) is 9.97 Å². The minimum atomic E-state index is 0.118. The second-order valence-corrected chi connectivity index (χ2v) is 7.41. The average Bonchev–Trinajstić information content (AvgIpc) is 3.02. The van der Waals surface area contributed by atoms with Gasteiger partial charge in [0.05, 0.1) is 41.5 Å². The molecule has 0 spiro atoms. The number of fused-ring (bicyclic) bond motifs is 1. The van der Waals surface area contributed by atoms with Crippen LogP contribution in [0, 0.1) is 6.92 Å². The third-order valence-corrected chi connectivity index (χ3v) is 5.29. The van der Waals surface area contributed by atoms with E-state index in [0.29, 0.717) is 11.8 Å². The summed E-state index contributed by atoms with van der Waals surface area (Å²) in [5.74, 6) is 0.968. The molecular formula is C22H29N3O2. The maximum atomic E-state index is 5.55. The highest BCUT2D eigenvalue weighted by Crippen LogP contribution is 2.32. The molecule has 0 aliphatic carbocycles.